The van der Waals surface area contributed by atoms with Gasteiger partial charge in [-0.1, -0.05) is 12.1 Å². The van der Waals surface area contributed by atoms with Gasteiger partial charge < -0.3 is 9.64 Å². The summed E-state index contributed by atoms with van der Waals surface area (Å²) in [5.41, 5.74) is 3.16. The van der Waals surface area contributed by atoms with Crippen LogP contribution in [0, 0.1) is 0 Å². The van der Waals surface area contributed by atoms with Crippen LogP contribution in [0.1, 0.15) is 16.7 Å². The minimum absolute atomic E-state index is 0.429. The normalized spacial score (nSPS) is 13.2. The van der Waals surface area contributed by atoms with E-state index in [1.54, 1.807) is 17.3 Å². The predicted molar refractivity (Wildman–Crippen MR) is 68.1 cm³/mol. The molecule has 0 spiro atoms. The number of nitrogens with zero attached hydrogens (tertiary/aromatic N) is 3. The van der Waals surface area contributed by atoms with Crippen molar-refractivity contribution in [1.82, 2.24) is 14.9 Å². The Morgan fingerprint density at radius 3 is 2.89 bits per heavy atom. The van der Waals surface area contributed by atoms with Crippen molar-refractivity contribution in [3.63, 3.8) is 0 Å². The molecule has 96 valence electrons. The standard InChI is InChI=1S/C14H13N3O2/c18-10-17-6-12-2-1-3-14(13(12)7-17)19-8-11-4-15-9-16-5-11/h1-5,9-10H,6-8H2. The zero-order valence-corrected chi connectivity index (χ0v) is 10.3. The van der Waals surface area contributed by atoms with Gasteiger partial charge >= 0.3 is 0 Å². The van der Waals surface area contributed by atoms with E-state index in [9.17, 15) is 4.79 Å². The van der Waals surface area contributed by atoms with Crippen molar-refractivity contribution in [3.05, 3.63) is 53.6 Å². The van der Waals surface area contributed by atoms with E-state index in [0.717, 1.165) is 28.8 Å². The number of benzene rings is 1. The van der Waals surface area contributed by atoms with Gasteiger partial charge in [-0.15, -0.1) is 0 Å². The second-order valence-electron chi connectivity index (χ2n) is 4.44. The van der Waals surface area contributed by atoms with E-state index in [1.807, 2.05) is 18.2 Å². The average molecular weight is 255 g/mol. The number of hydrogen-bond donors (Lipinski definition) is 0. The number of amides is 1. The van der Waals surface area contributed by atoms with Crippen LogP contribution in [0.5, 0.6) is 5.75 Å². The van der Waals surface area contributed by atoms with E-state index in [0.29, 0.717) is 19.7 Å². The van der Waals surface area contributed by atoms with Gasteiger partial charge in [0.1, 0.15) is 18.7 Å². The molecule has 2 heterocycles. The highest BCUT2D eigenvalue weighted by Crippen LogP contribution is 2.30. The van der Waals surface area contributed by atoms with Gasteiger partial charge in [0, 0.05) is 36.6 Å². The third-order valence-electron chi connectivity index (χ3n) is 3.12. The summed E-state index contributed by atoms with van der Waals surface area (Å²) in [5.74, 6) is 0.825. The Morgan fingerprint density at radius 1 is 1.26 bits per heavy atom. The molecule has 3 rings (SSSR count). The first kappa shape index (κ1) is 11.6. The van der Waals surface area contributed by atoms with Crippen LogP contribution < -0.4 is 4.74 Å². The van der Waals surface area contributed by atoms with Crippen LogP contribution in [0.15, 0.2) is 36.9 Å². The zero-order chi connectivity index (χ0) is 13.1. The Morgan fingerprint density at radius 2 is 2.11 bits per heavy atom. The van der Waals surface area contributed by atoms with E-state index < -0.39 is 0 Å². The van der Waals surface area contributed by atoms with E-state index in [1.165, 1.54) is 6.33 Å². The Hall–Kier alpha value is -2.43. The van der Waals surface area contributed by atoms with Crippen molar-refractivity contribution in [2.24, 2.45) is 0 Å². The van der Waals surface area contributed by atoms with E-state index in [4.69, 9.17) is 4.74 Å². The molecule has 0 radical (unpaired) electrons. The molecule has 2 aromatic rings. The molecule has 19 heavy (non-hydrogen) atoms. The second-order valence-corrected chi connectivity index (χ2v) is 4.44. The molecule has 0 saturated carbocycles. The fraction of sp³-hybridized carbons (Fsp3) is 0.214. The summed E-state index contributed by atoms with van der Waals surface area (Å²) in [5, 5.41) is 0. The van der Waals surface area contributed by atoms with Gasteiger partial charge in [0.15, 0.2) is 0 Å². The average Bonchev–Trinajstić information content (AvgIpc) is 2.90. The first-order valence-electron chi connectivity index (χ1n) is 6.03. The number of rotatable bonds is 4. The smallest absolute Gasteiger partial charge is 0.210 e. The Bertz CT molecular complexity index is 586. The fourth-order valence-electron chi connectivity index (χ4n) is 2.19. The largest absolute Gasteiger partial charge is 0.488 e. The summed E-state index contributed by atoms with van der Waals surface area (Å²) in [6.45, 7) is 1.70. The van der Waals surface area contributed by atoms with E-state index in [2.05, 4.69) is 9.97 Å². The maximum Gasteiger partial charge on any atom is 0.210 e. The lowest BCUT2D eigenvalue weighted by Crippen LogP contribution is -2.12. The topological polar surface area (TPSA) is 55.3 Å². The summed E-state index contributed by atoms with van der Waals surface area (Å²) in [6.07, 6.45) is 5.82. The molecule has 0 aliphatic carbocycles. The fourth-order valence-corrected chi connectivity index (χ4v) is 2.19. The van der Waals surface area contributed by atoms with Crippen molar-refractivity contribution in [3.8, 4) is 5.75 Å². The predicted octanol–water partition coefficient (Wildman–Crippen LogP) is 1.53. The van der Waals surface area contributed by atoms with Crippen LogP contribution in [0.4, 0.5) is 0 Å². The minimum atomic E-state index is 0.429. The first-order valence-corrected chi connectivity index (χ1v) is 6.03. The number of carbonyl (C=O) groups excluding carboxylic acids is 1. The van der Waals surface area contributed by atoms with Gasteiger partial charge in [0.05, 0.1) is 0 Å². The van der Waals surface area contributed by atoms with Crippen LogP contribution in [0.25, 0.3) is 0 Å². The van der Waals surface area contributed by atoms with E-state index in [-0.39, 0.29) is 0 Å². The molecule has 0 bridgehead atoms. The minimum Gasteiger partial charge on any atom is -0.488 e. The number of carbonyl (C=O) groups is 1. The molecule has 1 aromatic heterocycles. The summed E-state index contributed by atoms with van der Waals surface area (Å²) in [4.78, 5) is 20.5. The monoisotopic (exact) mass is 255 g/mol. The Labute approximate surface area is 110 Å². The molecule has 1 aliphatic heterocycles. The maximum absolute atomic E-state index is 10.8. The van der Waals surface area contributed by atoms with Gasteiger partial charge in [-0.2, -0.15) is 0 Å². The molecule has 0 atom stereocenters. The Balaban J connectivity index is 1.76. The molecule has 0 N–H and O–H groups in total. The summed E-state index contributed by atoms with van der Waals surface area (Å²) in [7, 11) is 0. The molecule has 5 nitrogen and oxygen atoms in total. The van der Waals surface area contributed by atoms with Gasteiger partial charge in [0.25, 0.3) is 0 Å². The lowest BCUT2D eigenvalue weighted by Gasteiger charge is -2.10. The van der Waals surface area contributed by atoms with Crippen molar-refractivity contribution in [2.45, 2.75) is 19.7 Å². The van der Waals surface area contributed by atoms with Crippen molar-refractivity contribution in [1.29, 1.82) is 0 Å². The Kier molecular flexibility index (Phi) is 3.10. The molecule has 0 fully saturated rings. The quantitative estimate of drug-likeness (QED) is 0.777. The molecule has 0 saturated heterocycles. The maximum atomic E-state index is 10.8. The summed E-state index contributed by atoms with van der Waals surface area (Å²) < 4.78 is 5.81. The van der Waals surface area contributed by atoms with Crippen LogP contribution in [0.3, 0.4) is 0 Å². The highest BCUT2D eigenvalue weighted by molar-refractivity contribution is 5.53. The van der Waals surface area contributed by atoms with Gasteiger partial charge in [-0.3, -0.25) is 4.79 Å². The third kappa shape index (κ3) is 2.40. The summed E-state index contributed by atoms with van der Waals surface area (Å²) >= 11 is 0. The number of ether oxygens (including phenoxy) is 1. The molecule has 1 aliphatic rings. The number of hydrogen-bond acceptors (Lipinski definition) is 4. The molecule has 1 aromatic carbocycles. The van der Waals surface area contributed by atoms with Crippen molar-refractivity contribution < 1.29 is 9.53 Å². The third-order valence-corrected chi connectivity index (χ3v) is 3.12. The van der Waals surface area contributed by atoms with Gasteiger partial charge in [-0.25, -0.2) is 9.97 Å². The molecule has 5 heteroatoms. The lowest BCUT2D eigenvalue weighted by molar-refractivity contribution is -0.118. The highest BCUT2D eigenvalue weighted by atomic mass is 16.5. The number of fused-ring (bicyclic) bond motifs is 1. The van der Waals surface area contributed by atoms with Crippen LogP contribution in [0.2, 0.25) is 0 Å². The zero-order valence-electron chi connectivity index (χ0n) is 10.3. The van der Waals surface area contributed by atoms with Crippen molar-refractivity contribution in [2.75, 3.05) is 0 Å². The van der Waals surface area contributed by atoms with Gasteiger partial charge in [-0.05, 0) is 11.6 Å². The number of aromatic nitrogens is 2. The molecule has 0 unspecified atom stereocenters. The van der Waals surface area contributed by atoms with Crippen LogP contribution in [-0.2, 0) is 24.5 Å². The lowest BCUT2D eigenvalue weighted by atomic mass is 10.1. The molecular weight excluding hydrogens is 242 g/mol. The van der Waals surface area contributed by atoms with Crippen molar-refractivity contribution >= 4 is 6.41 Å². The van der Waals surface area contributed by atoms with Crippen LogP contribution in [-0.4, -0.2) is 21.3 Å². The van der Waals surface area contributed by atoms with E-state index >= 15 is 0 Å². The van der Waals surface area contributed by atoms with Gasteiger partial charge in [0.2, 0.25) is 6.41 Å². The first-order chi connectivity index (χ1) is 9.36. The molecule has 1 amide bonds. The second kappa shape index (κ2) is 5.06. The summed E-state index contributed by atoms with van der Waals surface area (Å²) in [6, 6.07) is 5.90. The SMILES string of the molecule is O=CN1Cc2cccc(OCc3cncnc3)c2C1. The van der Waals surface area contributed by atoms with Crippen LogP contribution >= 0.6 is 0 Å². The highest BCUT2D eigenvalue weighted by Gasteiger charge is 2.20. The molecular formula is C14H13N3O2.